The van der Waals surface area contributed by atoms with Crippen molar-refractivity contribution in [1.82, 2.24) is 5.32 Å². The third kappa shape index (κ3) is 4.15. The van der Waals surface area contributed by atoms with Gasteiger partial charge in [0.15, 0.2) is 0 Å². The van der Waals surface area contributed by atoms with Crippen LogP contribution in [0.3, 0.4) is 0 Å². The van der Waals surface area contributed by atoms with Crippen molar-refractivity contribution in [2.45, 2.75) is 26.3 Å². The van der Waals surface area contributed by atoms with Gasteiger partial charge >= 0.3 is 5.97 Å². The molecule has 17 heavy (non-hydrogen) atoms. The molecular formula is C13H18FNO2. The average molecular weight is 239 g/mol. The third-order valence-electron chi connectivity index (χ3n) is 2.30. The van der Waals surface area contributed by atoms with Gasteiger partial charge in [0.05, 0.1) is 6.61 Å². The van der Waals surface area contributed by atoms with Gasteiger partial charge in [-0.1, -0.05) is 19.1 Å². The molecule has 0 aliphatic carbocycles. The van der Waals surface area contributed by atoms with Crippen LogP contribution < -0.4 is 5.32 Å². The first-order valence-corrected chi connectivity index (χ1v) is 5.84. The third-order valence-corrected chi connectivity index (χ3v) is 2.30. The van der Waals surface area contributed by atoms with Crippen LogP contribution in [0.5, 0.6) is 0 Å². The molecule has 0 bridgehead atoms. The summed E-state index contributed by atoms with van der Waals surface area (Å²) in [5, 5.41) is 3.06. The van der Waals surface area contributed by atoms with E-state index in [2.05, 4.69) is 5.32 Å². The zero-order valence-corrected chi connectivity index (χ0v) is 10.2. The number of ether oxygens (including phenoxy) is 1. The Morgan fingerprint density at radius 1 is 1.47 bits per heavy atom. The van der Waals surface area contributed by atoms with Gasteiger partial charge in [0.1, 0.15) is 11.9 Å². The van der Waals surface area contributed by atoms with Gasteiger partial charge in [-0.2, -0.15) is 0 Å². The molecule has 0 spiro atoms. The Balaban J connectivity index is 2.85. The van der Waals surface area contributed by atoms with Crippen LogP contribution in [0.25, 0.3) is 0 Å². The summed E-state index contributed by atoms with van der Waals surface area (Å²) >= 11 is 0. The van der Waals surface area contributed by atoms with Gasteiger partial charge in [0, 0.05) is 0 Å². The number of nitrogens with one attached hydrogen (secondary N) is 1. The Morgan fingerprint density at radius 3 is 2.82 bits per heavy atom. The average Bonchev–Trinajstić information content (AvgIpc) is 2.30. The van der Waals surface area contributed by atoms with E-state index in [9.17, 15) is 9.18 Å². The van der Waals surface area contributed by atoms with Crippen molar-refractivity contribution < 1.29 is 13.9 Å². The van der Waals surface area contributed by atoms with Gasteiger partial charge in [-0.15, -0.1) is 0 Å². The second-order valence-electron chi connectivity index (χ2n) is 3.69. The molecule has 1 unspecified atom stereocenters. The maximum atomic E-state index is 13.1. The van der Waals surface area contributed by atoms with Crippen LogP contribution in [-0.2, 0) is 9.53 Å². The Hall–Kier alpha value is -1.42. The topological polar surface area (TPSA) is 38.3 Å². The molecule has 1 N–H and O–H groups in total. The molecule has 0 aromatic heterocycles. The van der Waals surface area contributed by atoms with Crippen LogP contribution >= 0.6 is 0 Å². The predicted octanol–water partition coefficient (Wildman–Crippen LogP) is 2.43. The number of carbonyl (C=O) groups is 1. The molecule has 0 fully saturated rings. The van der Waals surface area contributed by atoms with E-state index in [4.69, 9.17) is 4.74 Å². The maximum Gasteiger partial charge on any atom is 0.327 e. The van der Waals surface area contributed by atoms with Crippen LogP contribution in [0.2, 0.25) is 0 Å². The summed E-state index contributed by atoms with van der Waals surface area (Å²) in [5.74, 6) is -0.721. The molecule has 1 atom stereocenters. The van der Waals surface area contributed by atoms with Crippen molar-refractivity contribution in [3.8, 4) is 0 Å². The maximum absolute atomic E-state index is 13.1. The summed E-state index contributed by atoms with van der Waals surface area (Å²) in [6.45, 7) is 4.75. The van der Waals surface area contributed by atoms with E-state index in [0.29, 0.717) is 18.7 Å². The lowest BCUT2D eigenvalue weighted by molar-refractivity contribution is -0.145. The summed E-state index contributed by atoms with van der Waals surface area (Å²) in [5.41, 5.74) is 0.594. The number of rotatable bonds is 6. The van der Waals surface area contributed by atoms with Crippen molar-refractivity contribution in [1.29, 1.82) is 0 Å². The van der Waals surface area contributed by atoms with E-state index < -0.39 is 6.04 Å². The van der Waals surface area contributed by atoms with Crippen LogP contribution in [0.4, 0.5) is 4.39 Å². The number of halogens is 1. The molecule has 1 aromatic carbocycles. The van der Waals surface area contributed by atoms with Crippen LogP contribution in [0.1, 0.15) is 31.9 Å². The summed E-state index contributed by atoms with van der Waals surface area (Å²) in [7, 11) is 0. The standard InChI is InChI=1S/C13H18FNO2/c1-3-8-15-12(13(16)17-4-2)10-6-5-7-11(14)9-10/h5-7,9,12,15H,3-4,8H2,1-2H3. The fraction of sp³-hybridized carbons (Fsp3) is 0.462. The molecule has 0 amide bonds. The minimum atomic E-state index is -0.592. The molecular weight excluding hydrogens is 221 g/mol. The summed E-state index contributed by atoms with van der Waals surface area (Å²) in [4.78, 5) is 11.8. The second-order valence-corrected chi connectivity index (χ2v) is 3.69. The Kier molecular flexibility index (Phi) is 5.63. The molecule has 0 heterocycles. The van der Waals surface area contributed by atoms with Crippen LogP contribution in [-0.4, -0.2) is 19.1 Å². The van der Waals surface area contributed by atoms with E-state index in [1.54, 1.807) is 19.1 Å². The van der Waals surface area contributed by atoms with E-state index in [1.165, 1.54) is 12.1 Å². The highest BCUT2D eigenvalue weighted by molar-refractivity contribution is 5.77. The molecule has 0 saturated heterocycles. The molecule has 0 aliphatic rings. The molecule has 1 aromatic rings. The lowest BCUT2D eigenvalue weighted by Gasteiger charge is -2.17. The van der Waals surface area contributed by atoms with E-state index in [0.717, 1.165) is 6.42 Å². The monoisotopic (exact) mass is 239 g/mol. The minimum absolute atomic E-state index is 0.318. The number of hydrogen-bond donors (Lipinski definition) is 1. The van der Waals surface area contributed by atoms with E-state index >= 15 is 0 Å². The number of esters is 1. The molecule has 0 radical (unpaired) electrons. The largest absolute Gasteiger partial charge is 0.465 e. The first-order valence-electron chi connectivity index (χ1n) is 5.84. The van der Waals surface area contributed by atoms with E-state index in [-0.39, 0.29) is 11.8 Å². The van der Waals surface area contributed by atoms with Gasteiger partial charge in [0.2, 0.25) is 0 Å². The summed E-state index contributed by atoms with van der Waals surface area (Å²) in [6, 6.07) is 5.42. The lowest BCUT2D eigenvalue weighted by Crippen LogP contribution is -2.30. The lowest BCUT2D eigenvalue weighted by atomic mass is 10.1. The first-order chi connectivity index (χ1) is 8.19. The van der Waals surface area contributed by atoms with Gasteiger partial charge in [0.25, 0.3) is 0 Å². The van der Waals surface area contributed by atoms with Gasteiger partial charge in [-0.3, -0.25) is 0 Å². The summed E-state index contributed by atoms with van der Waals surface area (Å²) in [6.07, 6.45) is 0.894. The van der Waals surface area contributed by atoms with Crippen molar-refractivity contribution in [2.75, 3.05) is 13.2 Å². The van der Waals surface area contributed by atoms with Crippen molar-refractivity contribution in [3.05, 3.63) is 35.6 Å². The molecule has 0 saturated carbocycles. The second kappa shape index (κ2) is 7.01. The number of benzene rings is 1. The fourth-order valence-electron chi connectivity index (χ4n) is 1.54. The SMILES string of the molecule is CCCNC(C(=O)OCC)c1cccc(F)c1. The smallest absolute Gasteiger partial charge is 0.327 e. The zero-order chi connectivity index (χ0) is 12.7. The first kappa shape index (κ1) is 13.6. The molecule has 1 rings (SSSR count). The molecule has 4 heteroatoms. The molecule has 94 valence electrons. The highest BCUT2D eigenvalue weighted by Crippen LogP contribution is 2.16. The molecule has 3 nitrogen and oxygen atoms in total. The Morgan fingerprint density at radius 2 is 2.24 bits per heavy atom. The van der Waals surface area contributed by atoms with Crippen LogP contribution in [0.15, 0.2) is 24.3 Å². The quantitative estimate of drug-likeness (QED) is 0.775. The fourth-order valence-corrected chi connectivity index (χ4v) is 1.54. The van der Waals surface area contributed by atoms with E-state index in [1.807, 2.05) is 6.92 Å². The van der Waals surface area contributed by atoms with Gasteiger partial charge < -0.3 is 10.1 Å². The van der Waals surface area contributed by atoms with Crippen molar-refractivity contribution in [2.24, 2.45) is 0 Å². The number of carbonyl (C=O) groups excluding carboxylic acids is 1. The minimum Gasteiger partial charge on any atom is -0.465 e. The van der Waals surface area contributed by atoms with Crippen LogP contribution in [0, 0.1) is 5.82 Å². The van der Waals surface area contributed by atoms with Gasteiger partial charge in [-0.25, -0.2) is 9.18 Å². The van der Waals surface area contributed by atoms with Gasteiger partial charge in [-0.05, 0) is 37.6 Å². The Labute approximate surface area is 101 Å². The highest BCUT2D eigenvalue weighted by atomic mass is 19.1. The highest BCUT2D eigenvalue weighted by Gasteiger charge is 2.21. The molecule has 0 aliphatic heterocycles. The summed E-state index contributed by atoms with van der Waals surface area (Å²) < 4.78 is 18.1. The van der Waals surface area contributed by atoms with Crippen molar-refractivity contribution >= 4 is 5.97 Å². The predicted molar refractivity (Wildman–Crippen MR) is 64.1 cm³/mol. The van der Waals surface area contributed by atoms with Crippen molar-refractivity contribution in [3.63, 3.8) is 0 Å². The normalized spacial score (nSPS) is 12.2. The zero-order valence-electron chi connectivity index (χ0n) is 10.2. The Bertz CT molecular complexity index is 368. The number of hydrogen-bond acceptors (Lipinski definition) is 3.